The number of rotatable bonds is 15. The van der Waals surface area contributed by atoms with Crippen molar-refractivity contribution in [1.82, 2.24) is 24.8 Å². The number of piperidine rings is 1. The first-order valence-electron chi connectivity index (χ1n) is 21.8. The molecule has 4 heterocycles. The topological polar surface area (TPSA) is 191 Å². The zero-order valence-corrected chi connectivity index (χ0v) is 39.2. The van der Waals surface area contributed by atoms with Gasteiger partial charge in [0.05, 0.1) is 39.5 Å². The lowest BCUT2D eigenvalue weighted by Crippen LogP contribution is -2.74. The summed E-state index contributed by atoms with van der Waals surface area (Å²) in [6, 6.07) is 20.6. The van der Waals surface area contributed by atoms with Crippen LogP contribution in [0.1, 0.15) is 63.4 Å². The summed E-state index contributed by atoms with van der Waals surface area (Å²) in [5.41, 5.74) is 1.31. The molecule has 3 aromatic heterocycles. The largest absolute Gasteiger partial charge is 0.491 e. The molecule has 15 nitrogen and oxygen atoms in total. The van der Waals surface area contributed by atoms with E-state index in [1.54, 1.807) is 87.3 Å². The average molecular weight is 935 g/mol. The molecular formula is C49H52ClN7O8S. The minimum Gasteiger partial charge on any atom is -0.491 e. The van der Waals surface area contributed by atoms with Gasteiger partial charge in [-0.1, -0.05) is 52.3 Å². The molecule has 1 amide bonds. The predicted molar refractivity (Wildman–Crippen MR) is 251 cm³/mol. The first kappa shape index (κ1) is 46.1. The van der Waals surface area contributed by atoms with Crippen LogP contribution >= 0.6 is 11.6 Å². The average Bonchev–Trinajstić information content (AvgIpc) is 3.81. The minimum atomic E-state index is -3.54. The van der Waals surface area contributed by atoms with Crippen molar-refractivity contribution in [3.05, 3.63) is 118 Å². The second-order valence-electron chi connectivity index (χ2n) is 17.8. The number of aryl methyl sites for hydroxylation is 1. The molecular weight excluding hydrogens is 882 g/mol. The monoisotopic (exact) mass is 933 g/mol. The van der Waals surface area contributed by atoms with Gasteiger partial charge >= 0.3 is 0 Å². The number of nitrogens with zero attached hydrogens (tertiary/aromatic N) is 5. The maximum Gasteiger partial charge on any atom is 0.274 e. The summed E-state index contributed by atoms with van der Waals surface area (Å²) in [7, 11) is -1.89. The molecule has 1 saturated carbocycles. The van der Waals surface area contributed by atoms with E-state index in [0.717, 1.165) is 12.8 Å². The molecule has 0 bridgehead atoms. The second-order valence-corrected chi connectivity index (χ2v) is 20.5. The number of H-pyrrole nitrogens is 1. The molecule has 2 aliphatic rings. The summed E-state index contributed by atoms with van der Waals surface area (Å²) in [4.78, 5) is 40.6. The predicted octanol–water partition coefficient (Wildman–Crippen LogP) is 8.11. The highest BCUT2D eigenvalue weighted by molar-refractivity contribution is 7.91. The summed E-state index contributed by atoms with van der Waals surface area (Å²) in [5.74, 6) is 2.27. The Morgan fingerprint density at radius 3 is 2.38 bits per heavy atom. The molecule has 344 valence electrons. The van der Waals surface area contributed by atoms with Crippen LogP contribution < -0.4 is 30.0 Å². The standard InChI is InChI=1S/C49H52ClN7O8S/c1-7-66(60,61)36-13-14-41(38(25-36)39-29-56(6)44(59)42-37(39)15-18-52-42)64-34-10-8-9-33(23-34)63-22-21-62-32-16-19-57(20-17-32)47-53-27-31(28-54-47)43(58)55-45-48(2,3)46(49(45,4)5)65-35-12-11-30(26-51)40(50)24-35/h8-15,18,23-25,27-29,32,45-46,52H,7,16-17,19-22H2,1-6H3,(H,55,58)/t45-,46-. The van der Waals surface area contributed by atoms with Crippen molar-refractivity contribution in [2.24, 2.45) is 17.9 Å². The molecule has 8 rings (SSSR count). The van der Waals surface area contributed by atoms with Gasteiger partial charge in [-0.2, -0.15) is 5.26 Å². The van der Waals surface area contributed by atoms with E-state index >= 15 is 0 Å². The lowest BCUT2D eigenvalue weighted by Gasteiger charge is -2.63. The molecule has 1 saturated heterocycles. The van der Waals surface area contributed by atoms with Gasteiger partial charge in [0.2, 0.25) is 5.95 Å². The molecule has 17 heteroatoms. The molecule has 0 atom stereocenters. The van der Waals surface area contributed by atoms with E-state index in [2.05, 4.69) is 58.9 Å². The minimum absolute atomic E-state index is 0.0300. The number of benzene rings is 3. The number of pyridine rings is 1. The van der Waals surface area contributed by atoms with Gasteiger partial charge in [-0.05, 0) is 61.4 Å². The number of carbonyl (C=O) groups is 1. The van der Waals surface area contributed by atoms with Gasteiger partial charge in [-0.25, -0.2) is 18.4 Å². The lowest BCUT2D eigenvalue weighted by molar-refractivity contribution is -0.164. The Kier molecular flexibility index (Phi) is 12.9. The summed E-state index contributed by atoms with van der Waals surface area (Å²) in [5, 5.41) is 13.4. The highest BCUT2D eigenvalue weighted by Crippen LogP contribution is 2.55. The number of carbonyl (C=O) groups excluding carboxylic acids is 1. The molecule has 6 aromatic rings. The molecule has 0 unspecified atom stereocenters. The number of nitriles is 1. The lowest BCUT2D eigenvalue weighted by atomic mass is 9.49. The van der Waals surface area contributed by atoms with Crippen molar-refractivity contribution in [1.29, 1.82) is 5.26 Å². The van der Waals surface area contributed by atoms with Crippen molar-refractivity contribution in [3.63, 3.8) is 0 Å². The SMILES string of the molecule is CCS(=O)(=O)c1ccc(Oc2cccc(OCCOC3CCN(c4ncc(C(=O)N[C@H]5C(C)(C)[C@H](Oc6ccc(C#N)c(Cl)c6)C5(C)C)cn4)CC3)c2)c(-c2cn(C)c(=O)c3[nH]ccc23)c1. The Balaban J connectivity index is 0.816. The van der Waals surface area contributed by atoms with Crippen LogP contribution in [0.4, 0.5) is 5.95 Å². The van der Waals surface area contributed by atoms with Crippen LogP contribution in [0.2, 0.25) is 5.02 Å². The quantitative estimate of drug-likeness (QED) is 0.0943. The Bertz CT molecular complexity index is 2980. The number of hydrogen-bond donors (Lipinski definition) is 2. The molecule has 66 heavy (non-hydrogen) atoms. The van der Waals surface area contributed by atoms with Crippen LogP contribution in [0, 0.1) is 22.2 Å². The number of sulfone groups is 1. The third-order valence-corrected chi connectivity index (χ3v) is 14.7. The molecule has 3 aromatic carbocycles. The molecule has 1 aliphatic heterocycles. The van der Waals surface area contributed by atoms with Crippen molar-refractivity contribution in [2.45, 2.75) is 70.6 Å². The van der Waals surface area contributed by atoms with Gasteiger partial charge in [0.25, 0.3) is 11.5 Å². The Morgan fingerprint density at radius 2 is 1.68 bits per heavy atom. The number of amides is 1. The number of aromatic amines is 1. The number of fused-ring (bicyclic) bond motifs is 1. The Hall–Kier alpha value is -6.41. The number of aromatic nitrogens is 4. The van der Waals surface area contributed by atoms with Gasteiger partial charge in [-0.15, -0.1) is 0 Å². The van der Waals surface area contributed by atoms with E-state index in [-0.39, 0.29) is 40.4 Å². The van der Waals surface area contributed by atoms with Crippen molar-refractivity contribution >= 4 is 44.2 Å². The smallest absolute Gasteiger partial charge is 0.274 e. The first-order chi connectivity index (χ1) is 31.5. The maximum absolute atomic E-state index is 13.4. The number of ether oxygens (including phenoxy) is 4. The Labute approximate surface area is 388 Å². The van der Waals surface area contributed by atoms with E-state index in [0.29, 0.717) is 93.4 Å². The summed E-state index contributed by atoms with van der Waals surface area (Å²) in [6.07, 6.45) is 7.83. The molecule has 0 radical (unpaired) electrons. The third-order valence-electron chi connectivity index (χ3n) is 12.7. The maximum atomic E-state index is 13.4. The summed E-state index contributed by atoms with van der Waals surface area (Å²) >= 11 is 6.25. The fourth-order valence-electron chi connectivity index (χ4n) is 9.42. The van der Waals surface area contributed by atoms with Crippen molar-refractivity contribution in [2.75, 3.05) is 37.0 Å². The van der Waals surface area contributed by atoms with Crippen LogP contribution in [-0.2, 0) is 21.6 Å². The van der Waals surface area contributed by atoms with E-state index in [4.69, 9.17) is 30.5 Å². The zero-order valence-electron chi connectivity index (χ0n) is 37.6. The van der Waals surface area contributed by atoms with E-state index in [1.807, 2.05) is 12.1 Å². The molecule has 1 aliphatic carbocycles. The fourth-order valence-corrected chi connectivity index (χ4v) is 10.5. The number of hydrogen-bond acceptors (Lipinski definition) is 12. The second kappa shape index (κ2) is 18.5. The first-order valence-corrected chi connectivity index (χ1v) is 23.8. The van der Waals surface area contributed by atoms with Crippen molar-refractivity contribution in [3.8, 4) is 40.2 Å². The van der Waals surface area contributed by atoms with Crippen molar-refractivity contribution < 1.29 is 32.2 Å². The van der Waals surface area contributed by atoms with Crippen LogP contribution in [-0.4, -0.2) is 84.1 Å². The van der Waals surface area contributed by atoms with Crippen LogP contribution in [0.15, 0.2) is 101 Å². The van der Waals surface area contributed by atoms with Gasteiger partial charge in [0.15, 0.2) is 9.84 Å². The van der Waals surface area contributed by atoms with E-state index < -0.39 is 20.7 Å². The van der Waals surface area contributed by atoms with Gasteiger partial charge in [0, 0.05) is 90.4 Å². The molecule has 2 fully saturated rings. The normalized spacial score (nSPS) is 18.0. The number of anilines is 1. The third kappa shape index (κ3) is 9.20. The summed E-state index contributed by atoms with van der Waals surface area (Å²) in [6.45, 7) is 11.9. The van der Waals surface area contributed by atoms with Crippen LogP contribution in [0.25, 0.3) is 22.0 Å². The summed E-state index contributed by atoms with van der Waals surface area (Å²) < 4.78 is 52.3. The van der Waals surface area contributed by atoms with Gasteiger partial charge in [-0.3, -0.25) is 9.59 Å². The van der Waals surface area contributed by atoms with E-state index in [9.17, 15) is 23.3 Å². The van der Waals surface area contributed by atoms with Gasteiger partial charge < -0.3 is 38.7 Å². The molecule has 2 N–H and O–H groups in total. The number of nitrogens with one attached hydrogen (secondary N) is 2. The highest BCUT2D eigenvalue weighted by atomic mass is 35.5. The molecule has 0 spiro atoms. The fraction of sp³-hybridized carbons (Fsp3) is 0.367. The number of halogens is 1. The van der Waals surface area contributed by atoms with E-state index in [1.165, 1.54) is 10.6 Å². The van der Waals surface area contributed by atoms with Gasteiger partial charge in [0.1, 0.15) is 47.3 Å². The zero-order chi connectivity index (χ0) is 47.0. The Morgan fingerprint density at radius 1 is 0.955 bits per heavy atom. The highest BCUT2D eigenvalue weighted by Gasteiger charge is 2.64. The van der Waals surface area contributed by atoms with Crippen LogP contribution in [0.3, 0.4) is 0 Å². The van der Waals surface area contributed by atoms with Crippen LogP contribution in [0.5, 0.6) is 23.0 Å².